The molecule has 0 aliphatic carbocycles. The smallest absolute Gasteiger partial charge is 0.425 e. The van der Waals surface area contributed by atoms with Gasteiger partial charge in [-0.2, -0.15) is 4.90 Å². The van der Waals surface area contributed by atoms with Crippen LogP contribution in [-0.2, 0) is 42.2 Å². The topological polar surface area (TPSA) is 200 Å². The molecule has 0 aliphatic heterocycles. The molecule has 0 fully saturated rings. The number of rotatable bonds is 12. The molecule has 316 valence electrons. The molecule has 1 heterocycles. The number of aliphatic hydroxyl groups is 1. The molecule has 15 heteroatoms. The van der Waals surface area contributed by atoms with Gasteiger partial charge >= 0.3 is 18.2 Å². The second kappa shape index (κ2) is 17.8. The molecule has 15 nitrogen and oxygen atoms in total. The largest absolute Gasteiger partial charge is 0.459 e. The molecule has 59 heavy (non-hydrogen) atoms. The first-order chi connectivity index (χ1) is 27.3. The van der Waals surface area contributed by atoms with E-state index in [-0.39, 0.29) is 24.5 Å². The number of nitrogens with one attached hydrogen (secondary N) is 2. The Morgan fingerprint density at radius 3 is 1.95 bits per heavy atom. The summed E-state index contributed by atoms with van der Waals surface area (Å²) in [4.78, 5) is 71.5. The highest BCUT2D eigenvalue weighted by Crippen LogP contribution is 2.37. The lowest BCUT2D eigenvalue weighted by Gasteiger charge is -2.36. The van der Waals surface area contributed by atoms with Gasteiger partial charge in [0.25, 0.3) is 11.6 Å². The zero-order valence-corrected chi connectivity index (χ0v) is 35.6. The second-order valence-electron chi connectivity index (χ2n) is 17.3. The first-order valence-electron chi connectivity index (χ1n) is 19.2. The van der Waals surface area contributed by atoms with Crippen molar-refractivity contribution in [2.24, 2.45) is 0 Å². The molecule has 1 unspecified atom stereocenters. The molecule has 0 radical (unpaired) electrons. The fourth-order valence-corrected chi connectivity index (χ4v) is 6.53. The van der Waals surface area contributed by atoms with Gasteiger partial charge in [0, 0.05) is 42.4 Å². The summed E-state index contributed by atoms with van der Waals surface area (Å²) in [6.45, 7) is 18.3. The number of carbonyl (C=O) groups excluding carboxylic acids is 4. The summed E-state index contributed by atoms with van der Waals surface area (Å²) in [6, 6.07) is 16.2. The summed E-state index contributed by atoms with van der Waals surface area (Å²) in [5, 5.41) is 28.8. The first-order valence-corrected chi connectivity index (χ1v) is 19.2. The Kier molecular flexibility index (Phi) is 13.8. The minimum absolute atomic E-state index is 0.0544. The SMILES string of the molecule is Cc1cc(C(Cc2cccc([N+](=O)[O-])c2)(Nc2ccc3c(N(C(=O)OC(C)(C)C)C(=O)OC(C)(C)C)nccc3c2)C(=O)NCC(=O)OC(C)(C)C)cc(C)c1CCO. The van der Waals surface area contributed by atoms with Crippen molar-refractivity contribution in [2.45, 2.75) is 111 Å². The number of aromatic nitrogens is 1. The van der Waals surface area contributed by atoms with Crippen molar-refractivity contribution < 1.29 is 43.4 Å². The molecular weight excluding hydrogens is 759 g/mol. The van der Waals surface area contributed by atoms with E-state index in [9.17, 15) is 34.4 Å². The molecule has 1 atom stereocenters. The van der Waals surface area contributed by atoms with Crippen molar-refractivity contribution in [1.82, 2.24) is 10.3 Å². The highest BCUT2D eigenvalue weighted by atomic mass is 16.6. The van der Waals surface area contributed by atoms with Crippen molar-refractivity contribution >= 4 is 52.0 Å². The summed E-state index contributed by atoms with van der Waals surface area (Å²) >= 11 is 0. The molecule has 0 spiro atoms. The van der Waals surface area contributed by atoms with Gasteiger partial charge in [0.05, 0.1) is 4.92 Å². The van der Waals surface area contributed by atoms with Gasteiger partial charge < -0.3 is 30.0 Å². The highest BCUT2D eigenvalue weighted by molar-refractivity contribution is 6.14. The van der Waals surface area contributed by atoms with E-state index in [2.05, 4.69) is 15.6 Å². The maximum absolute atomic E-state index is 14.9. The number of benzene rings is 3. The van der Waals surface area contributed by atoms with Crippen LogP contribution in [0, 0.1) is 24.0 Å². The van der Waals surface area contributed by atoms with Gasteiger partial charge in [-0.3, -0.25) is 19.7 Å². The number of amides is 3. The average molecular weight is 814 g/mol. The lowest BCUT2D eigenvalue weighted by Crippen LogP contribution is -2.53. The van der Waals surface area contributed by atoms with Crippen LogP contribution in [0.2, 0.25) is 0 Å². The van der Waals surface area contributed by atoms with E-state index in [1.165, 1.54) is 24.4 Å². The summed E-state index contributed by atoms with van der Waals surface area (Å²) in [6.07, 6.45) is -0.333. The van der Waals surface area contributed by atoms with Gasteiger partial charge in [0.15, 0.2) is 5.82 Å². The van der Waals surface area contributed by atoms with Crippen molar-refractivity contribution in [3.63, 3.8) is 0 Å². The van der Waals surface area contributed by atoms with Crippen molar-refractivity contribution in [2.75, 3.05) is 23.4 Å². The van der Waals surface area contributed by atoms with E-state index in [0.717, 1.165) is 21.6 Å². The number of non-ortho nitro benzene ring substituents is 1. The summed E-state index contributed by atoms with van der Waals surface area (Å²) in [5.74, 6) is -1.37. The van der Waals surface area contributed by atoms with E-state index in [0.29, 0.717) is 34.0 Å². The molecule has 3 amide bonds. The number of esters is 1. The minimum Gasteiger partial charge on any atom is -0.459 e. The third kappa shape index (κ3) is 12.0. The number of nitrogens with zero attached hydrogens (tertiary/aromatic N) is 3. The van der Waals surface area contributed by atoms with Crippen molar-refractivity contribution in [1.29, 1.82) is 0 Å². The number of fused-ring (bicyclic) bond motifs is 1. The third-order valence-electron chi connectivity index (χ3n) is 8.81. The lowest BCUT2D eigenvalue weighted by molar-refractivity contribution is -0.384. The number of pyridine rings is 1. The maximum Gasteiger partial charge on any atom is 0.425 e. The number of nitro groups is 1. The number of hydrogen-bond acceptors (Lipinski definition) is 12. The van der Waals surface area contributed by atoms with E-state index in [1.807, 2.05) is 26.0 Å². The van der Waals surface area contributed by atoms with Crippen LogP contribution in [0.3, 0.4) is 0 Å². The Balaban J connectivity index is 1.96. The monoisotopic (exact) mass is 813 g/mol. The van der Waals surface area contributed by atoms with Gasteiger partial charge in [-0.05, 0) is 140 Å². The molecular formula is C44H55N5O10. The van der Waals surface area contributed by atoms with Gasteiger partial charge in [0.1, 0.15) is 28.9 Å². The van der Waals surface area contributed by atoms with Crippen molar-refractivity contribution in [3.05, 3.63) is 105 Å². The van der Waals surface area contributed by atoms with Crippen LogP contribution in [-0.4, -0.2) is 69.0 Å². The highest BCUT2D eigenvalue weighted by Gasteiger charge is 2.42. The fraction of sp³-hybridized carbons (Fsp3) is 0.432. The van der Waals surface area contributed by atoms with Crippen LogP contribution < -0.4 is 15.5 Å². The number of carbonyl (C=O) groups is 4. The van der Waals surface area contributed by atoms with E-state index < -0.39 is 57.9 Å². The molecule has 0 bridgehead atoms. The Morgan fingerprint density at radius 2 is 1.41 bits per heavy atom. The Hall–Kier alpha value is -6.09. The second-order valence-corrected chi connectivity index (χ2v) is 17.3. The zero-order valence-electron chi connectivity index (χ0n) is 35.6. The summed E-state index contributed by atoms with van der Waals surface area (Å²) < 4.78 is 16.7. The summed E-state index contributed by atoms with van der Waals surface area (Å²) in [5.41, 5.74) is -0.881. The Labute approximate surface area is 344 Å². The minimum atomic E-state index is -1.73. The number of imide groups is 1. The number of aryl methyl sites for hydroxylation is 2. The van der Waals surface area contributed by atoms with Crippen LogP contribution in [0.25, 0.3) is 10.8 Å². The van der Waals surface area contributed by atoms with Crippen molar-refractivity contribution in [3.8, 4) is 0 Å². The summed E-state index contributed by atoms with van der Waals surface area (Å²) in [7, 11) is 0. The standard InChI is InChI=1S/C44H55N5O10/c1-27-21-31(22-28(2)34(27)18-20-50)44(25-29-13-12-14-33(23-29)49(55)56,38(52)46-26-36(51)57-41(3,4)5)47-32-15-16-35-30(24-32)17-19-45-37(35)48(39(53)58-42(6,7)8)40(54)59-43(9,10)11/h12-17,19,21-24,47,50H,18,20,25-26H2,1-11H3,(H,46,52). The lowest BCUT2D eigenvalue weighted by atomic mass is 9.79. The number of hydrogen-bond donors (Lipinski definition) is 3. The zero-order chi connectivity index (χ0) is 44.1. The molecule has 1 aromatic heterocycles. The Morgan fingerprint density at radius 1 is 0.814 bits per heavy atom. The molecule has 4 aromatic rings. The van der Waals surface area contributed by atoms with E-state index in [4.69, 9.17) is 14.2 Å². The fourth-order valence-electron chi connectivity index (χ4n) is 6.53. The van der Waals surface area contributed by atoms with Crippen LogP contribution in [0.4, 0.5) is 26.8 Å². The normalized spacial score (nSPS) is 12.9. The predicted molar refractivity (Wildman–Crippen MR) is 224 cm³/mol. The number of ether oxygens (including phenoxy) is 3. The molecule has 3 aromatic carbocycles. The van der Waals surface area contributed by atoms with Crippen LogP contribution in [0.15, 0.2) is 66.9 Å². The molecule has 3 N–H and O–H groups in total. The number of anilines is 2. The number of nitro benzene ring substituents is 1. The van der Waals surface area contributed by atoms with Gasteiger partial charge in [0.2, 0.25) is 0 Å². The van der Waals surface area contributed by atoms with Gasteiger partial charge in [-0.15, -0.1) is 0 Å². The van der Waals surface area contributed by atoms with Crippen LogP contribution in [0.1, 0.15) is 90.1 Å². The van der Waals surface area contributed by atoms with E-state index >= 15 is 0 Å². The van der Waals surface area contributed by atoms with Gasteiger partial charge in [-0.25, -0.2) is 14.6 Å². The average Bonchev–Trinajstić information content (AvgIpc) is 3.09. The quantitative estimate of drug-likeness (QED) is 0.0540. The van der Waals surface area contributed by atoms with E-state index in [1.54, 1.807) is 92.6 Å². The van der Waals surface area contributed by atoms with Crippen LogP contribution in [0.5, 0.6) is 0 Å². The molecule has 0 saturated carbocycles. The predicted octanol–water partition coefficient (Wildman–Crippen LogP) is 7.98. The number of aliphatic hydroxyl groups excluding tert-OH is 1. The Bertz CT molecular complexity index is 2180. The third-order valence-corrected chi connectivity index (χ3v) is 8.81. The van der Waals surface area contributed by atoms with Crippen LogP contribution >= 0.6 is 0 Å². The molecule has 4 rings (SSSR count). The first kappa shape index (κ1) is 45.6. The maximum atomic E-state index is 14.9. The molecule has 0 saturated heterocycles. The van der Waals surface area contributed by atoms with Gasteiger partial charge in [-0.1, -0.05) is 24.3 Å². The molecule has 0 aliphatic rings.